The van der Waals surface area contributed by atoms with Crippen LogP contribution in [0, 0.1) is 6.92 Å². The number of hydrogen-bond donors (Lipinski definition) is 1. The fraction of sp³-hybridized carbons (Fsp3) is 0.636. The summed E-state index contributed by atoms with van der Waals surface area (Å²) in [5.74, 6) is 0.179. The maximum atomic E-state index is 9.20. The second kappa shape index (κ2) is 3.63. The van der Waals surface area contributed by atoms with Gasteiger partial charge in [-0.3, -0.25) is 0 Å². The van der Waals surface area contributed by atoms with E-state index in [-0.39, 0.29) is 18.8 Å². The van der Waals surface area contributed by atoms with Crippen LogP contribution in [0.4, 0.5) is 0 Å². The Morgan fingerprint density at radius 1 is 1.40 bits per heavy atom. The molecule has 1 saturated heterocycles. The van der Waals surface area contributed by atoms with Crippen molar-refractivity contribution in [2.45, 2.75) is 38.8 Å². The van der Waals surface area contributed by atoms with E-state index in [9.17, 15) is 5.11 Å². The van der Waals surface area contributed by atoms with Gasteiger partial charge in [0.15, 0.2) is 5.79 Å². The Morgan fingerprint density at radius 3 is 2.67 bits per heavy atom. The number of ether oxygens (including phenoxy) is 2. The molecule has 1 aromatic heterocycles. The molecule has 1 aliphatic rings. The highest BCUT2D eigenvalue weighted by Crippen LogP contribution is 2.38. The quantitative estimate of drug-likeness (QED) is 0.811. The molecule has 0 spiro atoms. The average molecular weight is 212 g/mol. The summed E-state index contributed by atoms with van der Waals surface area (Å²) >= 11 is 0. The highest BCUT2D eigenvalue weighted by molar-refractivity contribution is 5.17. The van der Waals surface area contributed by atoms with Gasteiger partial charge in [0.25, 0.3) is 0 Å². The van der Waals surface area contributed by atoms with Crippen molar-refractivity contribution in [3.05, 3.63) is 23.7 Å². The van der Waals surface area contributed by atoms with Crippen LogP contribution in [0.1, 0.15) is 31.3 Å². The van der Waals surface area contributed by atoms with Gasteiger partial charge in [0, 0.05) is 5.56 Å². The van der Waals surface area contributed by atoms with Gasteiger partial charge in [-0.15, -0.1) is 0 Å². The molecule has 4 nitrogen and oxygen atoms in total. The standard InChI is InChI=1S/C11H16O4/c1-7-4-8(6-13-7)10-9(5-12)14-11(2,3)15-10/h4,6,9-10,12H,5H2,1-3H3/t9-,10+/m0/s1. The Hall–Kier alpha value is -0.840. The molecule has 0 bridgehead atoms. The molecule has 15 heavy (non-hydrogen) atoms. The van der Waals surface area contributed by atoms with E-state index in [1.54, 1.807) is 6.26 Å². The molecule has 2 atom stereocenters. The van der Waals surface area contributed by atoms with Crippen molar-refractivity contribution < 1.29 is 19.0 Å². The number of aliphatic hydroxyl groups excluding tert-OH is 1. The third-order valence-corrected chi connectivity index (χ3v) is 2.44. The third kappa shape index (κ3) is 2.07. The predicted octanol–water partition coefficient (Wildman–Crippen LogP) is 1.77. The van der Waals surface area contributed by atoms with Gasteiger partial charge in [-0.2, -0.15) is 0 Å². The van der Waals surface area contributed by atoms with Gasteiger partial charge in [0.1, 0.15) is 18.0 Å². The summed E-state index contributed by atoms with van der Waals surface area (Å²) in [6, 6.07) is 1.90. The van der Waals surface area contributed by atoms with Gasteiger partial charge in [0.05, 0.1) is 12.9 Å². The molecule has 0 unspecified atom stereocenters. The van der Waals surface area contributed by atoms with Gasteiger partial charge in [-0.05, 0) is 26.8 Å². The van der Waals surface area contributed by atoms with Crippen LogP contribution < -0.4 is 0 Å². The van der Waals surface area contributed by atoms with Crippen LogP contribution in [0.2, 0.25) is 0 Å². The molecule has 0 saturated carbocycles. The van der Waals surface area contributed by atoms with Crippen molar-refractivity contribution in [2.75, 3.05) is 6.61 Å². The average Bonchev–Trinajstić information content (AvgIpc) is 2.69. The van der Waals surface area contributed by atoms with Crippen molar-refractivity contribution in [3.63, 3.8) is 0 Å². The molecule has 1 fully saturated rings. The molecular formula is C11H16O4. The molecule has 1 aliphatic heterocycles. The van der Waals surface area contributed by atoms with E-state index in [1.165, 1.54) is 0 Å². The van der Waals surface area contributed by atoms with Crippen LogP contribution in [0.15, 0.2) is 16.7 Å². The Bertz CT molecular complexity index is 342. The normalized spacial score (nSPS) is 29.6. The molecule has 0 radical (unpaired) electrons. The number of hydrogen-bond acceptors (Lipinski definition) is 4. The molecule has 1 N–H and O–H groups in total. The number of aryl methyl sites for hydroxylation is 1. The molecular weight excluding hydrogens is 196 g/mol. The number of rotatable bonds is 2. The first-order chi connectivity index (χ1) is 7.02. The maximum Gasteiger partial charge on any atom is 0.164 e. The van der Waals surface area contributed by atoms with Crippen LogP contribution in [-0.2, 0) is 9.47 Å². The van der Waals surface area contributed by atoms with Crippen molar-refractivity contribution in [1.82, 2.24) is 0 Å². The lowest BCUT2D eigenvalue weighted by Crippen LogP contribution is -2.23. The van der Waals surface area contributed by atoms with E-state index in [4.69, 9.17) is 13.9 Å². The molecule has 2 rings (SSSR count). The Balaban J connectivity index is 2.21. The summed E-state index contributed by atoms with van der Waals surface area (Å²) in [5, 5.41) is 9.20. The second-order valence-electron chi connectivity index (χ2n) is 4.27. The summed E-state index contributed by atoms with van der Waals surface area (Å²) in [4.78, 5) is 0. The van der Waals surface area contributed by atoms with Crippen molar-refractivity contribution in [3.8, 4) is 0 Å². The van der Waals surface area contributed by atoms with Crippen molar-refractivity contribution in [1.29, 1.82) is 0 Å². The van der Waals surface area contributed by atoms with E-state index >= 15 is 0 Å². The third-order valence-electron chi connectivity index (χ3n) is 2.44. The molecule has 2 heterocycles. The summed E-state index contributed by atoms with van der Waals surface area (Å²) in [5.41, 5.74) is 0.914. The molecule has 0 amide bonds. The smallest absolute Gasteiger partial charge is 0.164 e. The van der Waals surface area contributed by atoms with Crippen LogP contribution in [0.5, 0.6) is 0 Å². The van der Waals surface area contributed by atoms with Gasteiger partial charge in [-0.1, -0.05) is 0 Å². The monoisotopic (exact) mass is 212 g/mol. The second-order valence-corrected chi connectivity index (χ2v) is 4.27. The van der Waals surface area contributed by atoms with Crippen LogP contribution in [0.25, 0.3) is 0 Å². The Morgan fingerprint density at radius 2 is 2.13 bits per heavy atom. The molecule has 0 aromatic carbocycles. The molecule has 1 aromatic rings. The Labute approximate surface area is 88.8 Å². The largest absolute Gasteiger partial charge is 0.469 e. The summed E-state index contributed by atoms with van der Waals surface area (Å²) < 4.78 is 16.5. The van der Waals surface area contributed by atoms with E-state index in [0.29, 0.717) is 0 Å². The van der Waals surface area contributed by atoms with Gasteiger partial charge >= 0.3 is 0 Å². The Kier molecular flexibility index (Phi) is 2.58. The molecule has 0 aliphatic carbocycles. The van der Waals surface area contributed by atoms with E-state index in [2.05, 4.69) is 0 Å². The first kappa shape index (κ1) is 10.7. The predicted molar refractivity (Wildman–Crippen MR) is 53.3 cm³/mol. The lowest BCUT2D eigenvalue weighted by atomic mass is 10.1. The van der Waals surface area contributed by atoms with E-state index < -0.39 is 5.79 Å². The fourth-order valence-corrected chi connectivity index (χ4v) is 1.86. The minimum absolute atomic E-state index is 0.0572. The van der Waals surface area contributed by atoms with Crippen molar-refractivity contribution >= 4 is 0 Å². The van der Waals surface area contributed by atoms with Gasteiger partial charge < -0.3 is 19.0 Å². The topological polar surface area (TPSA) is 51.8 Å². The van der Waals surface area contributed by atoms with Crippen LogP contribution in [0.3, 0.4) is 0 Å². The van der Waals surface area contributed by atoms with Crippen molar-refractivity contribution in [2.24, 2.45) is 0 Å². The zero-order valence-corrected chi connectivity index (χ0v) is 9.19. The van der Waals surface area contributed by atoms with E-state index in [0.717, 1.165) is 11.3 Å². The highest BCUT2D eigenvalue weighted by Gasteiger charge is 2.42. The number of furan rings is 1. The maximum absolute atomic E-state index is 9.20. The minimum atomic E-state index is -0.650. The first-order valence-corrected chi connectivity index (χ1v) is 5.03. The summed E-state index contributed by atoms with van der Waals surface area (Å²) in [6.07, 6.45) is 1.08. The number of aliphatic hydroxyl groups is 1. The van der Waals surface area contributed by atoms with Crippen LogP contribution >= 0.6 is 0 Å². The minimum Gasteiger partial charge on any atom is -0.469 e. The summed E-state index contributed by atoms with van der Waals surface area (Å²) in [6.45, 7) is 5.49. The zero-order valence-electron chi connectivity index (χ0n) is 9.19. The highest BCUT2D eigenvalue weighted by atomic mass is 16.8. The fourth-order valence-electron chi connectivity index (χ4n) is 1.86. The molecule has 4 heteroatoms. The van der Waals surface area contributed by atoms with Gasteiger partial charge in [0.2, 0.25) is 0 Å². The lowest BCUT2D eigenvalue weighted by Gasteiger charge is -2.16. The molecule has 84 valence electrons. The lowest BCUT2D eigenvalue weighted by molar-refractivity contribution is -0.149. The summed E-state index contributed by atoms with van der Waals surface area (Å²) in [7, 11) is 0. The van der Waals surface area contributed by atoms with Gasteiger partial charge in [-0.25, -0.2) is 0 Å². The first-order valence-electron chi connectivity index (χ1n) is 5.03. The van der Waals surface area contributed by atoms with E-state index in [1.807, 2.05) is 26.8 Å². The SMILES string of the molecule is Cc1cc([C@H]2OC(C)(C)O[C@H]2CO)co1. The van der Waals surface area contributed by atoms with Crippen LogP contribution in [-0.4, -0.2) is 23.6 Å². The zero-order chi connectivity index (χ0) is 11.1.